The molecule has 1 aliphatic rings. The van der Waals surface area contributed by atoms with Gasteiger partial charge in [-0.3, -0.25) is 4.90 Å². The average Bonchev–Trinajstić information content (AvgIpc) is 2.69. The van der Waals surface area contributed by atoms with Crippen molar-refractivity contribution in [3.05, 3.63) is 35.9 Å². The Morgan fingerprint density at radius 3 is 2.10 bits per heavy atom. The maximum atomic E-state index is 12.2. The molecule has 3 nitrogen and oxygen atoms in total. The molecule has 0 aliphatic carbocycles. The predicted molar refractivity (Wildman–Crippen MR) is 80.6 cm³/mol. The SMILES string of the molecule is CC(C)C(C(=O)O)(c1ccccc1)N1CCCCCC1. The molecule has 0 radical (unpaired) electrons. The lowest BCUT2D eigenvalue weighted by atomic mass is 9.78. The quantitative estimate of drug-likeness (QED) is 0.914. The molecule has 2 rings (SSSR count). The highest BCUT2D eigenvalue weighted by Gasteiger charge is 2.48. The van der Waals surface area contributed by atoms with Crippen LogP contribution in [0.5, 0.6) is 0 Å². The summed E-state index contributed by atoms with van der Waals surface area (Å²) in [5, 5.41) is 10.1. The maximum absolute atomic E-state index is 12.2. The number of aliphatic carboxylic acids is 1. The van der Waals surface area contributed by atoms with Gasteiger partial charge in [0.1, 0.15) is 5.54 Å². The molecule has 3 heteroatoms. The second kappa shape index (κ2) is 6.40. The van der Waals surface area contributed by atoms with Gasteiger partial charge in [0.05, 0.1) is 0 Å². The highest BCUT2D eigenvalue weighted by molar-refractivity contribution is 5.81. The number of hydrogen-bond acceptors (Lipinski definition) is 2. The number of likely N-dealkylation sites (tertiary alicyclic amines) is 1. The number of nitrogens with zero attached hydrogens (tertiary/aromatic N) is 1. The summed E-state index contributed by atoms with van der Waals surface area (Å²) < 4.78 is 0. The van der Waals surface area contributed by atoms with E-state index in [1.54, 1.807) is 0 Å². The van der Waals surface area contributed by atoms with Crippen LogP contribution in [0.3, 0.4) is 0 Å². The van der Waals surface area contributed by atoms with E-state index in [4.69, 9.17) is 0 Å². The molecule has 1 atom stereocenters. The van der Waals surface area contributed by atoms with Crippen molar-refractivity contribution in [2.24, 2.45) is 5.92 Å². The van der Waals surface area contributed by atoms with Gasteiger partial charge in [-0.1, -0.05) is 57.0 Å². The first-order valence-corrected chi connectivity index (χ1v) is 7.64. The van der Waals surface area contributed by atoms with Gasteiger partial charge in [-0.15, -0.1) is 0 Å². The average molecular weight is 275 g/mol. The van der Waals surface area contributed by atoms with E-state index < -0.39 is 11.5 Å². The Kier molecular flexibility index (Phi) is 4.81. The van der Waals surface area contributed by atoms with Gasteiger partial charge < -0.3 is 5.11 Å². The number of carboxylic acids is 1. The summed E-state index contributed by atoms with van der Waals surface area (Å²) in [6, 6.07) is 9.73. The van der Waals surface area contributed by atoms with E-state index in [-0.39, 0.29) is 5.92 Å². The third-order valence-electron chi connectivity index (χ3n) is 4.48. The van der Waals surface area contributed by atoms with E-state index in [0.29, 0.717) is 0 Å². The number of carboxylic acid groups (broad SMARTS) is 1. The Hall–Kier alpha value is -1.35. The van der Waals surface area contributed by atoms with Crippen LogP contribution < -0.4 is 0 Å². The van der Waals surface area contributed by atoms with E-state index >= 15 is 0 Å². The lowest BCUT2D eigenvalue weighted by Gasteiger charge is -2.43. The van der Waals surface area contributed by atoms with E-state index in [1.165, 1.54) is 12.8 Å². The van der Waals surface area contributed by atoms with Gasteiger partial charge >= 0.3 is 5.97 Å². The zero-order valence-electron chi connectivity index (χ0n) is 12.5. The third-order valence-corrected chi connectivity index (χ3v) is 4.48. The minimum atomic E-state index is -0.897. The molecular weight excluding hydrogens is 250 g/mol. The lowest BCUT2D eigenvalue weighted by molar-refractivity contribution is -0.156. The second-order valence-electron chi connectivity index (χ2n) is 5.99. The van der Waals surface area contributed by atoms with Crippen LogP contribution in [0.2, 0.25) is 0 Å². The van der Waals surface area contributed by atoms with Crippen LogP contribution in [0.25, 0.3) is 0 Å². The Bertz CT molecular complexity index is 436. The molecule has 0 amide bonds. The van der Waals surface area contributed by atoms with E-state index in [1.807, 2.05) is 44.2 Å². The fourth-order valence-corrected chi connectivity index (χ4v) is 3.50. The molecule has 1 aliphatic heterocycles. The van der Waals surface area contributed by atoms with Gasteiger partial charge in [-0.05, 0) is 37.4 Å². The summed E-state index contributed by atoms with van der Waals surface area (Å²) in [5.41, 5.74) is 0.00963. The van der Waals surface area contributed by atoms with Gasteiger partial charge in [0.25, 0.3) is 0 Å². The highest BCUT2D eigenvalue weighted by Crippen LogP contribution is 2.38. The molecule has 0 spiro atoms. The Labute approximate surface area is 121 Å². The molecule has 1 heterocycles. The van der Waals surface area contributed by atoms with E-state index in [9.17, 15) is 9.90 Å². The van der Waals surface area contributed by atoms with Crippen LogP contribution in [-0.4, -0.2) is 29.1 Å². The monoisotopic (exact) mass is 275 g/mol. The lowest BCUT2D eigenvalue weighted by Crippen LogP contribution is -2.56. The minimum Gasteiger partial charge on any atom is -0.480 e. The normalized spacial score (nSPS) is 20.4. The van der Waals surface area contributed by atoms with Crippen molar-refractivity contribution >= 4 is 5.97 Å². The molecule has 1 N–H and O–H groups in total. The van der Waals surface area contributed by atoms with Gasteiger partial charge in [0.15, 0.2) is 0 Å². The molecule has 0 bridgehead atoms. The first-order valence-electron chi connectivity index (χ1n) is 7.64. The fraction of sp³-hybridized carbons (Fsp3) is 0.588. The predicted octanol–water partition coefficient (Wildman–Crippen LogP) is 3.50. The number of hydrogen-bond donors (Lipinski definition) is 1. The minimum absolute atomic E-state index is 0.0282. The third kappa shape index (κ3) is 2.59. The molecular formula is C17H25NO2. The summed E-state index contributed by atoms with van der Waals surface area (Å²) in [5.74, 6) is -0.693. The molecule has 0 aromatic heterocycles. The van der Waals surface area contributed by atoms with Crippen LogP contribution in [0.1, 0.15) is 45.1 Å². The first kappa shape index (κ1) is 15.0. The fourth-order valence-electron chi connectivity index (χ4n) is 3.50. The summed E-state index contributed by atoms with van der Waals surface area (Å²) in [6.07, 6.45) is 4.60. The second-order valence-corrected chi connectivity index (χ2v) is 5.99. The first-order chi connectivity index (χ1) is 9.60. The topological polar surface area (TPSA) is 40.5 Å². The van der Waals surface area contributed by atoms with E-state index in [2.05, 4.69) is 4.90 Å². The Morgan fingerprint density at radius 1 is 1.10 bits per heavy atom. The molecule has 1 unspecified atom stereocenters. The Balaban J connectivity index is 2.49. The number of rotatable bonds is 4. The summed E-state index contributed by atoms with van der Waals surface area (Å²) in [6.45, 7) is 5.79. The van der Waals surface area contributed by atoms with Crippen molar-refractivity contribution < 1.29 is 9.90 Å². The highest BCUT2D eigenvalue weighted by atomic mass is 16.4. The van der Waals surface area contributed by atoms with Crippen LogP contribution >= 0.6 is 0 Å². The Morgan fingerprint density at radius 2 is 1.65 bits per heavy atom. The van der Waals surface area contributed by atoms with Crippen molar-refractivity contribution in [1.29, 1.82) is 0 Å². The molecule has 1 fully saturated rings. The van der Waals surface area contributed by atoms with Gasteiger partial charge in [0, 0.05) is 0 Å². The number of benzene rings is 1. The summed E-state index contributed by atoms with van der Waals surface area (Å²) >= 11 is 0. The zero-order chi connectivity index (χ0) is 14.6. The van der Waals surface area contributed by atoms with Gasteiger partial charge in [0.2, 0.25) is 0 Å². The maximum Gasteiger partial charge on any atom is 0.329 e. The van der Waals surface area contributed by atoms with E-state index in [0.717, 1.165) is 31.5 Å². The van der Waals surface area contributed by atoms with Crippen LogP contribution in [0.4, 0.5) is 0 Å². The van der Waals surface area contributed by atoms with Crippen molar-refractivity contribution in [2.45, 2.75) is 45.1 Å². The summed E-state index contributed by atoms with van der Waals surface area (Å²) in [7, 11) is 0. The number of carbonyl (C=O) groups is 1. The molecule has 1 aromatic carbocycles. The molecule has 0 saturated carbocycles. The molecule has 110 valence electrons. The van der Waals surface area contributed by atoms with Gasteiger partial charge in [-0.2, -0.15) is 0 Å². The van der Waals surface area contributed by atoms with Gasteiger partial charge in [-0.25, -0.2) is 4.79 Å². The van der Waals surface area contributed by atoms with Crippen LogP contribution in [-0.2, 0) is 10.3 Å². The van der Waals surface area contributed by atoms with Crippen molar-refractivity contribution in [1.82, 2.24) is 4.90 Å². The standard InChI is InChI=1S/C17H25NO2/c1-14(2)17(16(19)20,15-10-6-5-7-11-15)18-12-8-3-4-9-13-18/h5-7,10-11,14H,3-4,8-9,12-13H2,1-2H3,(H,19,20). The largest absolute Gasteiger partial charge is 0.480 e. The van der Waals surface area contributed by atoms with Crippen molar-refractivity contribution in [2.75, 3.05) is 13.1 Å². The smallest absolute Gasteiger partial charge is 0.329 e. The molecule has 1 saturated heterocycles. The van der Waals surface area contributed by atoms with Crippen molar-refractivity contribution in [3.63, 3.8) is 0 Å². The molecule has 20 heavy (non-hydrogen) atoms. The zero-order valence-corrected chi connectivity index (χ0v) is 12.5. The van der Waals surface area contributed by atoms with Crippen LogP contribution in [0, 0.1) is 5.92 Å². The summed E-state index contributed by atoms with van der Waals surface area (Å²) in [4.78, 5) is 14.4. The van der Waals surface area contributed by atoms with Crippen LogP contribution in [0.15, 0.2) is 30.3 Å². The van der Waals surface area contributed by atoms with Crippen molar-refractivity contribution in [3.8, 4) is 0 Å². The molecule has 1 aromatic rings.